The van der Waals surface area contributed by atoms with E-state index in [4.69, 9.17) is 10.00 Å². The van der Waals surface area contributed by atoms with Gasteiger partial charge >= 0.3 is 0 Å². The molecule has 0 saturated carbocycles. The molecule has 0 bridgehead atoms. The number of nitrogens with one attached hydrogen (secondary N) is 1. The third-order valence-corrected chi connectivity index (χ3v) is 4.70. The van der Waals surface area contributed by atoms with Gasteiger partial charge in [0.25, 0.3) is 0 Å². The number of nitrogens with zero attached hydrogens (tertiary/aromatic N) is 1. The second-order valence-electron chi connectivity index (χ2n) is 5.23. The van der Waals surface area contributed by atoms with E-state index in [1.807, 2.05) is 10.8 Å². The molecule has 1 atom stereocenters. The fourth-order valence-corrected chi connectivity index (χ4v) is 3.57. The number of carbonyl (C=O) groups excluding carboxylic acids is 1. The lowest BCUT2D eigenvalue weighted by molar-refractivity contribution is -0.119. The fourth-order valence-electron chi connectivity index (χ4n) is 2.38. The van der Waals surface area contributed by atoms with Crippen molar-refractivity contribution < 1.29 is 17.9 Å². The zero-order valence-corrected chi connectivity index (χ0v) is 12.9. The van der Waals surface area contributed by atoms with E-state index in [2.05, 4.69) is 0 Å². The molecule has 1 amide bonds. The van der Waals surface area contributed by atoms with E-state index < -0.39 is 15.9 Å². The predicted octanol–water partition coefficient (Wildman–Crippen LogP) is 1.46. The summed E-state index contributed by atoms with van der Waals surface area (Å²) >= 11 is 0. The molecule has 2 rings (SSSR count). The zero-order valence-electron chi connectivity index (χ0n) is 12.1. The van der Waals surface area contributed by atoms with Gasteiger partial charge in [-0.2, -0.15) is 5.26 Å². The number of rotatable bonds is 6. The van der Waals surface area contributed by atoms with Crippen molar-refractivity contribution in [1.82, 2.24) is 4.72 Å². The van der Waals surface area contributed by atoms with Gasteiger partial charge in [-0.05, 0) is 30.9 Å². The zero-order chi connectivity index (χ0) is 16.0. The highest BCUT2D eigenvalue weighted by Gasteiger charge is 2.20. The number of hydrogen-bond acceptors (Lipinski definition) is 5. The molecular formula is C15H18N2O4S. The van der Waals surface area contributed by atoms with Crippen LogP contribution in [0.5, 0.6) is 0 Å². The molecule has 1 aliphatic heterocycles. The smallest absolute Gasteiger partial charge is 0.239 e. The molecule has 118 valence electrons. The number of benzene rings is 1. The van der Waals surface area contributed by atoms with Gasteiger partial charge in [0.05, 0.1) is 23.5 Å². The van der Waals surface area contributed by atoms with Crippen molar-refractivity contribution in [2.75, 3.05) is 6.61 Å². The number of hydrogen-bond donors (Lipinski definition) is 1. The molecule has 1 fully saturated rings. The fraction of sp³-hybridized carbons (Fsp3) is 0.467. The van der Waals surface area contributed by atoms with E-state index >= 15 is 0 Å². The van der Waals surface area contributed by atoms with Gasteiger partial charge in [0.1, 0.15) is 0 Å². The number of nitriles is 1. The van der Waals surface area contributed by atoms with Gasteiger partial charge in [-0.1, -0.05) is 18.2 Å². The molecule has 1 N–H and O–H groups in total. The summed E-state index contributed by atoms with van der Waals surface area (Å²) in [6.07, 6.45) is 2.58. The van der Waals surface area contributed by atoms with Crippen LogP contribution < -0.4 is 4.72 Å². The van der Waals surface area contributed by atoms with Crippen LogP contribution in [0.15, 0.2) is 24.3 Å². The molecule has 22 heavy (non-hydrogen) atoms. The van der Waals surface area contributed by atoms with Gasteiger partial charge in [0.2, 0.25) is 15.9 Å². The molecule has 1 unspecified atom stereocenters. The lowest BCUT2D eigenvalue weighted by atomic mass is 10.1. The minimum atomic E-state index is -3.80. The second kappa shape index (κ2) is 7.38. The quantitative estimate of drug-likeness (QED) is 0.855. The van der Waals surface area contributed by atoms with Gasteiger partial charge in [-0.15, -0.1) is 0 Å². The van der Waals surface area contributed by atoms with Crippen LogP contribution in [0.4, 0.5) is 0 Å². The van der Waals surface area contributed by atoms with Crippen molar-refractivity contribution in [3.05, 3.63) is 35.4 Å². The molecule has 1 aliphatic rings. The molecule has 0 spiro atoms. The molecular weight excluding hydrogens is 304 g/mol. The Morgan fingerprint density at radius 3 is 2.86 bits per heavy atom. The van der Waals surface area contributed by atoms with Crippen molar-refractivity contribution in [1.29, 1.82) is 5.26 Å². The van der Waals surface area contributed by atoms with E-state index in [9.17, 15) is 13.2 Å². The Bertz CT molecular complexity index is 673. The molecule has 1 aromatic rings. The highest BCUT2D eigenvalue weighted by Crippen LogP contribution is 2.17. The normalized spacial score (nSPS) is 17.9. The van der Waals surface area contributed by atoms with Crippen LogP contribution in [0.3, 0.4) is 0 Å². The van der Waals surface area contributed by atoms with Gasteiger partial charge < -0.3 is 4.74 Å². The maximum atomic E-state index is 12.0. The second-order valence-corrected chi connectivity index (χ2v) is 6.95. The standard InChI is InChI=1S/C15H18N2O4S/c16-10-12-4-1-2-5-13(12)11-22(19,20)17-15(18)8-7-14-6-3-9-21-14/h1-2,4-5,14H,3,6-9,11H2,(H,17,18). The van der Waals surface area contributed by atoms with Crippen LogP contribution >= 0.6 is 0 Å². The summed E-state index contributed by atoms with van der Waals surface area (Å²) < 4.78 is 31.4. The van der Waals surface area contributed by atoms with Crippen molar-refractivity contribution >= 4 is 15.9 Å². The summed E-state index contributed by atoms with van der Waals surface area (Å²) in [4.78, 5) is 11.7. The summed E-state index contributed by atoms with van der Waals surface area (Å²) in [5.41, 5.74) is 0.670. The third kappa shape index (κ3) is 4.83. The average molecular weight is 322 g/mol. The average Bonchev–Trinajstić information content (AvgIpc) is 2.98. The topological polar surface area (TPSA) is 96.3 Å². The first-order valence-electron chi connectivity index (χ1n) is 7.13. The first-order valence-corrected chi connectivity index (χ1v) is 8.78. The molecule has 1 aromatic carbocycles. The SMILES string of the molecule is N#Cc1ccccc1CS(=O)(=O)NC(=O)CCC1CCCO1. The van der Waals surface area contributed by atoms with Crippen molar-refractivity contribution in [3.8, 4) is 6.07 Å². The monoisotopic (exact) mass is 322 g/mol. The molecule has 0 aliphatic carbocycles. The van der Waals surface area contributed by atoms with E-state index in [-0.39, 0.29) is 18.3 Å². The largest absolute Gasteiger partial charge is 0.378 e. The van der Waals surface area contributed by atoms with E-state index in [1.165, 1.54) is 0 Å². The summed E-state index contributed by atoms with van der Waals surface area (Å²) in [5.74, 6) is -0.924. The van der Waals surface area contributed by atoms with Crippen LogP contribution in [-0.2, 0) is 25.3 Å². The number of sulfonamides is 1. The highest BCUT2D eigenvalue weighted by atomic mass is 32.2. The summed E-state index contributed by atoms with van der Waals surface area (Å²) in [5, 5.41) is 8.96. The summed E-state index contributed by atoms with van der Waals surface area (Å²) in [6, 6.07) is 8.37. The van der Waals surface area contributed by atoms with Gasteiger partial charge in [0.15, 0.2) is 0 Å². The van der Waals surface area contributed by atoms with Gasteiger partial charge in [-0.3, -0.25) is 9.52 Å². The summed E-state index contributed by atoms with van der Waals surface area (Å²) in [7, 11) is -3.80. The highest BCUT2D eigenvalue weighted by molar-refractivity contribution is 7.89. The van der Waals surface area contributed by atoms with E-state index in [0.717, 1.165) is 12.8 Å². The minimum Gasteiger partial charge on any atom is -0.378 e. The molecule has 1 saturated heterocycles. The Labute approximate surface area is 130 Å². The van der Waals surface area contributed by atoms with Crippen LogP contribution in [0, 0.1) is 11.3 Å². The van der Waals surface area contributed by atoms with E-state index in [1.54, 1.807) is 24.3 Å². The minimum absolute atomic E-state index is 0.0489. The first kappa shape index (κ1) is 16.5. The Morgan fingerprint density at radius 2 is 2.18 bits per heavy atom. The maximum absolute atomic E-state index is 12.0. The van der Waals surface area contributed by atoms with Crippen LogP contribution in [-0.4, -0.2) is 27.0 Å². The molecule has 6 nitrogen and oxygen atoms in total. The summed E-state index contributed by atoms with van der Waals surface area (Å²) in [6.45, 7) is 0.704. The van der Waals surface area contributed by atoms with Crippen LogP contribution in [0.2, 0.25) is 0 Å². The Morgan fingerprint density at radius 1 is 1.41 bits per heavy atom. The Balaban J connectivity index is 1.90. The van der Waals surface area contributed by atoms with Crippen LogP contribution in [0.1, 0.15) is 36.8 Å². The van der Waals surface area contributed by atoms with Crippen molar-refractivity contribution in [2.45, 2.75) is 37.5 Å². The lowest BCUT2D eigenvalue weighted by Gasteiger charge is -2.10. The first-order chi connectivity index (χ1) is 10.5. The van der Waals surface area contributed by atoms with Crippen LogP contribution in [0.25, 0.3) is 0 Å². The Hall–Kier alpha value is -1.91. The molecule has 7 heteroatoms. The van der Waals surface area contributed by atoms with Crippen molar-refractivity contribution in [2.24, 2.45) is 0 Å². The number of amides is 1. The predicted molar refractivity (Wildman–Crippen MR) is 80.1 cm³/mol. The molecule has 0 aromatic heterocycles. The van der Waals surface area contributed by atoms with E-state index in [0.29, 0.717) is 24.2 Å². The number of carbonyl (C=O) groups is 1. The molecule has 0 radical (unpaired) electrons. The maximum Gasteiger partial charge on any atom is 0.239 e. The van der Waals surface area contributed by atoms with Crippen molar-refractivity contribution in [3.63, 3.8) is 0 Å². The van der Waals surface area contributed by atoms with Gasteiger partial charge in [0, 0.05) is 13.0 Å². The third-order valence-electron chi connectivity index (χ3n) is 3.47. The van der Waals surface area contributed by atoms with Gasteiger partial charge in [-0.25, -0.2) is 8.42 Å². The molecule has 1 heterocycles. The lowest BCUT2D eigenvalue weighted by Crippen LogP contribution is -2.32. The number of ether oxygens (including phenoxy) is 1. The Kier molecular flexibility index (Phi) is 5.52.